The highest BCUT2D eigenvalue weighted by Crippen LogP contribution is 2.29. The van der Waals surface area contributed by atoms with Crippen molar-refractivity contribution in [2.24, 2.45) is 11.8 Å². The van der Waals surface area contributed by atoms with Gasteiger partial charge in [-0.25, -0.2) is 4.79 Å². The minimum atomic E-state index is -0.419. The molecule has 3 atom stereocenters. The molecule has 0 bridgehead atoms. The minimum absolute atomic E-state index is 0.322. The molecule has 1 saturated carbocycles. The second-order valence-electron chi connectivity index (χ2n) is 7.20. The molecule has 0 radical (unpaired) electrons. The van der Waals surface area contributed by atoms with E-state index in [1.807, 2.05) is 20.8 Å². The molecule has 1 aliphatic rings. The number of nitrogens with one attached hydrogen (secondary N) is 2. The molecule has 1 amide bonds. The second kappa shape index (κ2) is 7.87. The average molecular weight is 284 g/mol. The van der Waals surface area contributed by atoms with Crippen molar-refractivity contribution in [2.45, 2.75) is 71.9 Å². The van der Waals surface area contributed by atoms with Crippen LogP contribution in [0.4, 0.5) is 4.79 Å². The highest BCUT2D eigenvalue weighted by Gasteiger charge is 2.23. The Kier molecular flexibility index (Phi) is 6.80. The first-order valence-corrected chi connectivity index (χ1v) is 7.98. The van der Waals surface area contributed by atoms with Gasteiger partial charge in [-0.2, -0.15) is 0 Å². The van der Waals surface area contributed by atoms with Crippen molar-refractivity contribution < 1.29 is 9.53 Å². The van der Waals surface area contributed by atoms with Crippen molar-refractivity contribution in [1.82, 2.24) is 10.6 Å². The molecule has 0 aromatic rings. The Morgan fingerprint density at radius 1 is 1.15 bits per heavy atom. The third kappa shape index (κ3) is 7.13. The van der Waals surface area contributed by atoms with Crippen LogP contribution >= 0.6 is 0 Å². The SMILES string of the molecule is C[C@@H]1CC[C@@H](NCCCNC(=O)OC(C)(C)C)C[C@@H]1C. The molecule has 0 aromatic heterocycles. The Balaban J connectivity index is 2.04. The molecule has 20 heavy (non-hydrogen) atoms. The van der Waals surface area contributed by atoms with Gasteiger partial charge in [0.1, 0.15) is 5.60 Å². The first-order chi connectivity index (χ1) is 9.28. The van der Waals surface area contributed by atoms with Gasteiger partial charge in [-0.3, -0.25) is 0 Å². The number of carbonyl (C=O) groups excluding carboxylic acids is 1. The molecule has 4 heteroatoms. The van der Waals surface area contributed by atoms with E-state index in [4.69, 9.17) is 4.74 Å². The van der Waals surface area contributed by atoms with Crippen LogP contribution in [0.5, 0.6) is 0 Å². The predicted octanol–water partition coefficient (Wildman–Crippen LogP) is 3.32. The van der Waals surface area contributed by atoms with Gasteiger partial charge in [-0.15, -0.1) is 0 Å². The maximum absolute atomic E-state index is 11.4. The summed E-state index contributed by atoms with van der Waals surface area (Å²) < 4.78 is 5.19. The summed E-state index contributed by atoms with van der Waals surface area (Å²) in [6.45, 7) is 12.0. The van der Waals surface area contributed by atoms with Crippen LogP contribution in [0.25, 0.3) is 0 Å². The number of hydrogen-bond donors (Lipinski definition) is 2. The third-order valence-corrected chi connectivity index (χ3v) is 4.05. The fourth-order valence-corrected chi connectivity index (χ4v) is 2.63. The number of amides is 1. The lowest BCUT2D eigenvalue weighted by Gasteiger charge is -2.32. The molecule has 0 aromatic carbocycles. The highest BCUT2D eigenvalue weighted by molar-refractivity contribution is 5.67. The molecule has 0 spiro atoms. The predicted molar refractivity (Wildman–Crippen MR) is 82.8 cm³/mol. The summed E-state index contributed by atoms with van der Waals surface area (Å²) in [7, 11) is 0. The molecular weight excluding hydrogens is 252 g/mol. The van der Waals surface area contributed by atoms with Crippen molar-refractivity contribution in [1.29, 1.82) is 0 Å². The van der Waals surface area contributed by atoms with Crippen molar-refractivity contribution >= 4 is 6.09 Å². The summed E-state index contributed by atoms with van der Waals surface area (Å²) in [5.41, 5.74) is -0.419. The van der Waals surface area contributed by atoms with Crippen LogP contribution < -0.4 is 10.6 Å². The molecule has 1 aliphatic carbocycles. The lowest BCUT2D eigenvalue weighted by molar-refractivity contribution is 0.0527. The Morgan fingerprint density at radius 2 is 1.85 bits per heavy atom. The van der Waals surface area contributed by atoms with Crippen LogP contribution in [-0.4, -0.2) is 30.8 Å². The Labute approximate surface area is 124 Å². The van der Waals surface area contributed by atoms with Gasteiger partial charge in [0.15, 0.2) is 0 Å². The van der Waals surface area contributed by atoms with Gasteiger partial charge in [-0.05, 0) is 64.8 Å². The van der Waals surface area contributed by atoms with Gasteiger partial charge in [0.05, 0.1) is 0 Å². The average Bonchev–Trinajstić information content (AvgIpc) is 2.31. The molecular formula is C16H32N2O2. The molecule has 118 valence electrons. The van der Waals surface area contributed by atoms with Crippen molar-refractivity contribution in [2.75, 3.05) is 13.1 Å². The zero-order chi connectivity index (χ0) is 15.2. The standard InChI is InChI=1S/C16H32N2O2/c1-12-7-8-14(11-13(12)2)17-9-6-10-18-15(19)20-16(3,4)5/h12-14,17H,6-11H2,1-5H3,(H,18,19)/t12-,13+,14-/m1/s1. The summed E-state index contributed by atoms with van der Waals surface area (Å²) in [4.78, 5) is 11.4. The molecule has 2 N–H and O–H groups in total. The van der Waals surface area contributed by atoms with Gasteiger partial charge in [0, 0.05) is 12.6 Å². The van der Waals surface area contributed by atoms with Crippen molar-refractivity contribution in [3.05, 3.63) is 0 Å². The molecule has 0 unspecified atom stereocenters. The zero-order valence-corrected chi connectivity index (χ0v) is 13.8. The van der Waals surface area contributed by atoms with Crippen LogP contribution in [0, 0.1) is 11.8 Å². The Morgan fingerprint density at radius 3 is 2.45 bits per heavy atom. The highest BCUT2D eigenvalue weighted by atomic mass is 16.6. The normalized spacial score (nSPS) is 27.1. The third-order valence-electron chi connectivity index (χ3n) is 4.05. The number of rotatable bonds is 5. The van der Waals surface area contributed by atoms with E-state index in [1.165, 1.54) is 19.3 Å². The second-order valence-corrected chi connectivity index (χ2v) is 7.20. The fourth-order valence-electron chi connectivity index (χ4n) is 2.63. The van der Waals surface area contributed by atoms with Crippen LogP contribution in [-0.2, 0) is 4.74 Å². The van der Waals surface area contributed by atoms with Crippen molar-refractivity contribution in [3.63, 3.8) is 0 Å². The van der Waals surface area contributed by atoms with Crippen LogP contribution in [0.1, 0.15) is 60.3 Å². The van der Waals surface area contributed by atoms with Crippen LogP contribution in [0.2, 0.25) is 0 Å². The number of hydrogen-bond acceptors (Lipinski definition) is 3. The van der Waals surface area contributed by atoms with Gasteiger partial charge < -0.3 is 15.4 Å². The zero-order valence-electron chi connectivity index (χ0n) is 13.8. The van der Waals surface area contributed by atoms with Gasteiger partial charge in [0.2, 0.25) is 0 Å². The van der Waals surface area contributed by atoms with Crippen LogP contribution in [0.3, 0.4) is 0 Å². The molecule has 1 fully saturated rings. The first kappa shape index (κ1) is 17.3. The summed E-state index contributed by atoms with van der Waals surface area (Å²) in [6.07, 6.45) is 4.51. The molecule has 0 aliphatic heterocycles. The van der Waals surface area contributed by atoms with E-state index in [1.54, 1.807) is 0 Å². The van der Waals surface area contributed by atoms with E-state index in [2.05, 4.69) is 24.5 Å². The van der Waals surface area contributed by atoms with E-state index >= 15 is 0 Å². The lowest BCUT2D eigenvalue weighted by Crippen LogP contribution is -2.38. The smallest absolute Gasteiger partial charge is 0.407 e. The van der Waals surface area contributed by atoms with Gasteiger partial charge >= 0.3 is 6.09 Å². The quantitative estimate of drug-likeness (QED) is 0.761. The Bertz CT molecular complexity index is 299. The molecule has 4 nitrogen and oxygen atoms in total. The van der Waals surface area contributed by atoms with Crippen LogP contribution in [0.15, 0.2) is 0 Å². The maximum atomic E-state index is 11.4. The van der Waals surface area contributed by atoms with E-state index in [0.717, 1.165) is 24.8 Å². The topological polar surface area (TPSA) is 50.4 Å². The molecule has 0 heterocycles. The van der Waals surface area contributed by atoms with Gasteiger partial charge in [0.25, 0.3) is 0 Å². The van der Waals surface area contributed by atoms with E-state index in [9.17, 15) is 4.79 Å². The largest absolute Gasteiger partial charge is 0.444 e. The van der Waals surface area contributed by atoms with E-state index in [-0.39, 0.29) is 6.09 Å². The van der Waals surface area contributed by atoms with E-state index in [0.29, 0.717) is 12.6 Å². The number of ether oxygens (including phenoxy) is 1. The summed E-state index contributed by atoms with van der Waals surface area (Å²) in [5.74, 6) is 1.68. The maximum Gasteiger partial charge on any atom is 0.407 e. The molecule has 1 rings (SSSR count). The fraction of sp³-hybridized carbons (Fsp3) is 0.938. The molecule has 0 saturated heterocycles. The lowest BCUT2D eigenvalue weighted by atomic mass is 9.79. The number of alkyl carbamates (subject to hydrolysis) is 1. The summed E-state index contributed by atoms with van der Waals surface area (Å²) in [6, 6.07) is 0.655. The summed E-state index contributed by atoms with van der Waals surface area (Å²) in [5, 5.41) is 6.39. The Hall–Kier alpha value is -0.770. The van der Waals surface area contributed by atoms with E-state index < -0.39 is 5.60 Å². The number of carbonyl (C=O) groups is 1. The van der Waals surface area contributed by atoms with Crippen molar-refractivity contribution in [3.8, 4) is 0 Å². The monoisotopic (exact) mass is 284 g/mol. The summed E-state index contributed by atoms with van der Waals surface area (Å²) >= 11 is 0. The minimum Gasteiger partial charge on any atom is -0.444 e. The first-order valence-electron chi connectivity index (χ1n) is 7.98. The van der Waals surface area contributed by atoms with Gasteiger partial charge in [-0.1, -0.05) is 13.8 Å².